The zero-order valence-corrected chi connectivity index (χ0v) is 28.6. The smallest absolute Gasteiger partial charge is 0.408 e. The van der Waals surface area contributed by atoms with Gasteiger partial charge in [-0.05, 0) is 42.7 Å². The molecule has 0 aliphatic carbocycles. The van der Waals surface area contributed by atoms with Gasteiger partial charge in [-0.2, -0.15) is 0 Å². The summed E-state index contributed by atoms with van der Waals surface area (Å²) in [6.45, 7) is 2.88. The normalized spacial score (nSPS) is 12.9. The van der Waals surface area contributed by atoms with Crippen molar-refractivity contribution in [3.63, 3.8) is 0 Å². The summed E-state index contributed by atoms with van der Waals surface area (Å²) in [5.74, 6) is -2.58. The van der Waals surface area contributed by atoms with E-state index in [2.05, 4.69) is 26.6 Å². The third kappa shape index (κ3) is 12.1. The van der Waals surface area contributed by atoms with Crippen molar-refractivity contribution in [3.8, 4) is 0 Å². The number of anilines is 1. The first-order valence-corrected chi connectivity index (χ1v) is 16.5. The summed E-state index contributed by atoms with van der Waals surface area (Å²) in [5.41, 5.74) is 2.38. The van der Waals surface area contributed by atoms with Gasteiger partial charge in [0.25, 0.3) is 5.69 Å². The molecule has 4 rings (SSSR count). The van der Waals surface area contributed by atoms with Gasteiger partial charge in [-0.15, -0.1) is 0 Å². The van der Waals surface area contributed by atoms with Gasteiger partial charge < -0.3 is 31.3 Å². The molecule has 4 aromatic rings. The molecule has 0 aromatic heterocycles. The summed E-state index contributed by atoms with van der Waals surface area (Å²) < 4.78 is 5.16. The zero-order chi connectivity index (χ0) is 37.5. The largest absolute Gasteiger partial charge is 0.445 e. The van der Waals surface area contributed by atoms with Crippen LogP contribution in [0.2, 0.25) is 0 Å². The van der Waals surface area contributed by atoms with Gasteiger partial charge >= 0.3 is 6.09 Å². The lowest BCUT2D eigenvalue weighted by molar-refractivity contribution is -0.384. The SMILES string of the molecule is C[C@H](NC(=O)OCc1ccccc1)C(=O)N[C@@H](C)C(=O)N[C@@H](Cc1ccccc1)C(=O)N[C@@H](Cc1ccccc1)C(=O)Nc1ccc([N+](=O)[O-])cc1. The molecular weight excluding hydrogens is 668 g/mol. The monoisotopic (exact) mass is 708 g/mol. The van der Waals surface area contributed by atoms with Crippen LogP contribution in [-0.2, 0) is 43.4 Å². The van der Waals surface area contributed by atoms with E-state index in [0.717, 1.165) is 16.7 Å². The lowest BCUT2D eigenvalue weighted by Crippen LogP contribution is -2.57. The number of nitrogens with one attached hydrogen (secondary N) is 5. The number of nitro benzene ring substituents is 1. The lowest BCUT2D eigenvalue weighted by Gasteiger charge is -2.25. The van der Waals surface area contributed by atoms with Crippen LogP contribution < -0.4 is 26.6 Å². The van der Waals surface area contributed by atoms with Crippen molar-refractivity contribution in [2.45, 2.75) is 57.5 Å². The molecule has 0 saturated heterocycles. The van der Waals surface area contributed by atoms with E-state index in [-0.39, 0.29) is 30.8 Å². The third-order valence-electron chi connectivity index (χ3n) is 7.87. The second-order valence-corrected chi connectivity index (χ2v) is 12.0. The molecule has 270 valence electrons. The second kappa shape index (κ2) is 19.0. The number of carbonyl (C=O) groups is 5. The maximum Gasteiger partial charge on any atom is 0.408 e. The van der Waals surface area contributed by atoms with E-state index in [1.807, 2.05) is 12.1 Å². The third-order valence-corrected chi connectivity index (χ3v) is 7.87. The summed E-state index contributed by atoms with van der Waals surface area (Å²) in [4.78, 5) is 76.4. The number of carbonyl (C=O) groups excluding carboxylic acids is 5. The maximum atomic E-state index is 13.9. The first-order valence-electron chi connectivity index (χ1n) is 16.5. The van der Waals surface area contributed by atoms with Crippen LogP contribution in [0.25, 0.3) is 0 Å². The Hall–Kier alpha value is -6.57. The predicted octanol–water partition coefficient (Wildman–Crippen LogP) is 3.81. The fourth-order valence-corrected chi connectivity index (χ4v) is 4.99. The Morgan fingerprint density at radius 1 is 0.577 bits per heavy atom. The number of non-ortho nitro benzene ring substituents is 1. The average Bonchev–Trinajstić information content (AvgIpc) is 3.14. The van der Waals surface area contributed by atoms with Crippen LogP contribution in [0.3, 0.4) is 0 Å². The number of hydrogen-bond acceptors (Lipinski definition) is 8. The van der Waals surface area contributed by atoms with Crippen molar-refractivity contribution < 1.29 is 33.6 Å². The minimum Gasteiger partial charge on any atom is -0.445 e. The van der Waals surface area contributed by atoms with Crippen molar-refractivity contribution in [2.75, 3.05) is 5.32 Å². The highest BCUT2D eigenvalue weighted by molar-refractivity contribution is 5.99. The van der Waals surface area contributed by atoms with Gasteiger partial charge in [0, 0.05) is 30.7 Å². The number of ether oxygens (including phenoxy) is 1. The first-order chi connectivity index (χ1) is 25.0. The van der Waals surface area contributed by atoms with Crippen LogP contribution in [-0.4, -0.2) is 58.8 Å². The van der Waals surface area contributed by atoms with Gasteiger partial charge in [0.2, 0.25) is 23.6 Å². The minimum absolute atomic E-state index is 0.00952. The van der Waals surface area contributed by atoms with Gasteiger partial charge in [-0.3, -0.25) is 29.3 Å². The Bertz CT molecular complexity index is 1830. The van der Waals surface area contributed by atoms with E-state index >= 15 is 0 Å². The molecule has 52 heavy (non-hydrogen) atoms. The van der Waals surface area contributed by atoms with E-state index in [9.17, 15) is 34.1 Å². The van der Waals surface area contributed by atoms with Crippen LogP contribution in [0, 0.1) is 10.1 Å². The Kier molecular flexibility index (Phi) is 14.0. The number of benzene rings is 4. The second-order valence-electron chi connectivity index (χ2n) is 12.0. The van der Waals surface area contributed by atoms with Gasteiger partial charge in [-0.1, -0.05) is 91.0 Å². The van der Waals surface area contributed by atoms with E-state index in [1.54, 1.807) is 78.9 Å². The standard InChI is InChI=1S/C38H40N6O8/c1-25(39-34(45)26(2)40-38(49)52-24-29-16-10-5-11-17-29)35(46)42-33(23-28-14-8-4-9-15-28)37(48)43-32(22-27-12-6-3-7-13-27)36(47)41-30-18-20-31(21-19-30)44(50)51/h3-21,25-26,32-33H,22-24H2,1-2H3,(H,39,45)(H,40,49)(H,41,47)(H,42,46)(H,43,48)/t25-,26-,32-,33-/m0/s1. The molecule has 4 aromatic carbocycles. The van der Waals surface area contributed by atoms with Crippen LogP contribution in [0.4, 0.5) is 16.2 Å². The van der Waals surface area contributed by atoms with E-state index in [1.165, 1.54) is 38.1 Å². The van der Waals surface area contributed by atoms with Crippen LogP contribution in [0.15, 0.2) is 115 Å². The lowest BCUT2D eigenvalue weighted by atomic mass is 10.0. The Labute approximate surface area is 300 Å². The molecule has 5 N–H and O–H groups in total. The minimum atomic E-state index is -1.16. The Morgan fingerprint density at radius 3 is 1.54 bits per heavy atom. The van der Waals surface area contributed by atoms with Crippen LogP contribution in [0.5, 0.6) is 0 Å². The van der Waals surface area contributed by atoms with E-state index in [4.69, 9.17) is 4.74 Å². The molecule has 0 fully saturated rings. The van der Waals surface area contributed by atoms with Crippen molar-refractivity contribution in [2.24, 2.45) is 0 Å². The molecule has 0 heterocycles. The molecule has 0 saturated carbocycles. The molecule has 0 unspecified atom stereocenters. The van der Waals surface area contributed by atoms with Crippen molar-refractivity contribution in [1.29, 1.82) is 0 Å². The Balaban J connectivity index is 1.43. The molecule has 0 bridgehead atoms. The van der Waals surface area contributed by atoms with Gasteiger partial charge in [0.15, 0.2) is 0 Å². The summed E-state index contributed by atoms with van der Waals surface area (Å²) in [7, 11) is 0. The molecular formula is C38H40N6O8. The molecule has 5 amide bonds. The van der Waals surface area contributed by atoms with Crippen molar-refractivity contribution in [1.82, 2.24) is 21.3 Å². The zero-order valence-electron chi connectivity index (χ0n) is 28.6. The fourth-order valence-electron chi connectivity index (χ4n) is 4.99. The quantitative estimate of drug-likeness (QED) is 0.0855. The number of hydrogen-bond donors (Lipinski definition) is 5. The van der Waals surface area contributed by atoms with Crippen molar-refractivity contribution >= 4 is 41.1 Å². The number of alkyl carbamates (subject to hydrolysis) is 1. The summed E-state index contributed by atoms with van der Waals surface area (Å²) in [5, 5.41) is 24.2. The molecule has 0 spiro atoms. The topological polar surface area (TPSA) is 198 Å². The molecule has 0 aliphatic heterocycles. The fraction of sp³-hybridized carbons (Fsp3) is 0.237. The van der Waals surface area contributed by atoms with Crippen molar-refractivity contribution in [3.05, 3.63) is 142 Å². The number of amides is 5. The van der Waals surface area contributed by atoms with Gasteiger partial charge in [0.05, 0.1) is 4.92 Å². The van der Waals surface area contributed by atoms with Crippen LogP contribution >= 0.6 is 0 Å². The molecule has 4 atom stereocenters. The van der Waals surface area contributed by atoms with Gasteiger partial charge in [-0.25, -0.2) is 4.79 Å². The van der Waals surface area contributed by atoms with Crippen LogP contribution in [0.1, 0.15) is 30.5 Å². The molecule has 0 radical (unpaired) electrons. The first kappa shape index (κ1) is 38.2. The highest BCUT2D eigenvalue weighted by atomic mass is 16.6. The van der Waals surface area contributed by atoms with E-state index in [0.29, 0.717) is 0 Å². The maximum absolute atomic E-state index is 13.9. The number of nitro groups is 1. The molecule has 14 heteroatoms. The highest BCUT2D eigenvalue weighted by Crippen LogP contribution is 2.16. The predicted molar refractivity (Wildman–Crippen MR) is 193 cm³/mol. The number of nitrogens with zero attached hydrogens (tertiary/aromatic N) is 1. The van der Waals surface area contributed by atoms with Gasteiger partial charge in [0.1, 0.15) is 30.8 Å². The number of rotatable bonds is 16. The summed E-state index contributed by atoms with van der Waals surface area (Å²) in [6.07, 6.45) is -0.652. The molecule has 0 aliphatic rings. The Morgan fingerprint density at radius 2 is 1.02 bits per heavy atom. The van der Waals surface area contributed by atoms with E-state index < -0.39 is 58.8 Å². The summed E-state index contributed by atoms with van der Waals surface area (Å²) >= 11 is 0. The molecule has 14 nitrogen and oxygen atoms in total. The highest BCUT2D eigenvalue weighted by Gasteiger charge is 2.30. The average molecular weight is 709 g/mol. The summed E-state index contributed by atoms with van der Waals surface area (Å²) in [6, 6.07) is 27.8.